The van der Waals surface area contributed by atoms with Crippen LogP contribution in [0.25, 0.3) is 10.9 Å². The van der Waals surface area contributed by atoms with E-state index in [-0.39, 0.29) is 16.6 Å². The molecular weight excluding hydrogens is 252 g/mol. The summed E-state index contributed by atoms with van der Waals surface area (Å²) in [5, 5.41) is 8.99. The number of aromatic amines is 1. The fourth-order valence-corrected chi connectivity index (χ4v) is 2.23. The van der Waals surface area contributed by atoms with E-state index in [2.05, 4.69) is 9.97 Å². The highest BCUT2D eigenvalue weighted by molar-refractivity contribution is 8.00. The number of rotatable bonds is 4. The van der Waals surface area contributed by atoms with Gasteiger partial charge in [0, 0.05) is 0 Å². The lowest BCUT2D eigenvalue weighted by molar-refractivity contribution is -0.133. The molecule has 0 spiro atoms. The number of hydrogen-bond acceptors (Lipinski definition) is 4. The number of carboxylic acids is 1. The predicted octanol–water partition coefficient (Wildman–Crippen LogP) is 1.80. The molecule has 0 unspecified atom stereocenters. The number of H-pyrrole nitrogens is 1. The molecule has 2 rings (SSSR count). The molecule has 2 N–H and O–H groups in total. The summed E-state index contributed by atoms with van der Waals surface area (Å²) in [5.41, 5.74) is 0.428. The standard InChI is InChI=1S/C12H12N2O3S/c1-7(18-6-10(15)16)11-13-9-5-3-2-4-8(9)12(17)14-11/h2-5,7H,6H2,1H3,(H,15,16)(H,13,14,17)/t7-/m0/s1. The summed E-state index contributed by atoms with van der Waals surface area (Å²) >= 11 is 1.22. The van der Waals surface area contributed by atoms with Crippen LogP contribution in [0.4, 0.5) is 0 Å². The number of carbonyl (C=O) groups is 1. The summed E-state index contributed by atoms with van der Waals surface area (Å²) in [5.74, 6) is -0.391. The van der Waals surface area contributed by atoms with E-state index in [1.54, 1.807) is 18.2 Å². The highest BCUT2D eigenvalue weighted by atomic mass is 32.2. The van der Waals surface area contributed by atoms with Crippen molar-refractivity contribution in [1.82, 2.24) is 9.97 Å². The molecule has 0 radical (unpaired) electrons. The van der Waals surface area contributed by atoms with Crippen molar-refractivity contribution in [2.45, 2.75) is 12.2 Å². The third-order valence-electron chi connectivity index (χ3n) is 2.47. The molecule has 0 bridgehead atoms. The molecule has 94 valence electrons. The van der Waals surface area contributed by atoms with Crippen LogP contribution >= 0.6 is 11.8 Å². The molecule has 1 atom stereocenters. The second kappa shape index (κ2) is 5.22. The Balaban J connectivity index is 2.34. The molecule has 0 aliphatic carbocycles. The highest BCUT2D eigenvalue weighted by Gasteiger charge is 2.12. The largest absolute Gasteiger partial charge is 0.481 e. The van der Waals surface area contributed by atoms with Gasteiger partial charge in [-0.2, -0.15) is 0 Å². The molecule has 1 aromatic carbocycles. The number of benzene rings is 1. The van der Waals surface area contributed by atoms with Gasteiger partial charge in [0.05, 0.1) is 21.9 Å². The third-order valence-corrected chi connectivity index (χ3v) is 3.61. The molecular formula is C12H12N2O3S. The number of nitrogens with one attached hydrogen (secondary N) is 1. The average Bonchev–Trinajstić information content (AvgIpc) is 2.36. The lowest BCUT2D eigenvalue weighted by Gasteiger charge is -2.09. The molecule has 0 fully saturated rings. The molecule has 18 heavy (non-hydrogen) atoms. The lowest BCUT2D eigenvalue weighted by atomic mass is 10.2. The summed E-state index contributed by atoms with van der Waals surface area (Å²) in [4.78, 5) is 29.4. The molecule has 6 heteroatoms. The van der Waals surface area contributed by atoms with Crippen molar-refractivity contribution in [2.75, 3.05) is 5.75 Å². The maximum atomic E-state index is 11.8. The molecule has 0 aliphatic rings. The summed E-state index contributed by atoms with van der Waals surface area (Å²) in [6, 6.07) is 7.07. The van der Waals surface area contributed by atoms with Crippen molar-refractivity contribution in [1.29, 1.82) is 0 Å². The Kier molecular flexibility index (Phi) is 3.66. The smallest absolute Gasteiger partial charge is 0.313 e. The Morgan fingerprint density at radius 1 is 1.50 bits per heavy atom. The highest BCUT2D eigenvalue weighted by Crippen LogP contribution is 2.25. The van der Waals surface area contributed by atoms with Crippen LogP contribution < -0.4 is 5.56 Å². The first-order valence-electron chi connectivity index (χ1n) is 5.40. The summed E-state index contributed by atoms with van der Waals surface area (Å²) in [6.07, 6.45) is 0. The monoisotopic (exact) mass is 264 g/mol. The molecule has 0 amide bonds. The van der Waals surface area contributed by atoms with Crippen LogP contribution in [0.2, 0.25) is 0 Å². The number of aliphatic carboxylic acids is 1. The Morgan fingerprint density at radius 3 is 2.94 bits per heavy atom. The van der Waals surface area contributed by atoms with E-state index < -0.39 is 5.97 Å². The maximum absolute atomic E-state index is 11.8. The Hall–Kier alpha value is -1.82. The second-order valence-corrected chi connectivity index (χ2v) is 5.14. The SMILES string of the molecule is C[C@H](SCC(=O)O)c1nc2ccccc2c(=O)[nH]1. The molecule has 0 saturated heterocycles. The molecule has 0 aliphatic heterocycles. The topological polar surface area (TPSA) is 83.0 Å². The number of carboxylic acid groups (broad SMARTS) is 1. The van der Waals surface area contributed by atoms with Crippen LogP contribution in [0.5, 0.6) is 0 Å². The maximum Gasteiger partial charge on any atom is 0.313 e. The Morgan fingerprint density at radius 2 is 2.22 bits per heavy atom. The summed E-state index contributed by atoms with van der Waals surface area (Å²) < 4.78 is 0. The van der Waals surface area contributed by atoms with Gasteiger partial charge in [-0.05, 0) is 19.1 Å². The van der Waals surface area contributed by atoms with Gasteiger partial charge >= 0.3 is 5.97 Å². The van der Waals surface area contributed by atoms with Crippen molar-refractivity contribution in [2.24, 2.45) is 0 Å². The minimum Gasteiger partial charge on any atom is -0.481 e. The lowest BCUT2D eigenvalue weighted by Crippen LogP contribution is -2.13. The van der Waals surface area contributed by atoms with Crippen LogP contribution in [0.3, 0.4) is 0 Å². The van der Waals surface area contributed by atoms with Crippen molar-refractivity contribution in [3.8, 4) is 0 Å². The van der Waals surface area contributed by atoms with Crippen molar-refractivity contribution in [3.05, 3.63) is 40.4 Å². The van der Waals surface area contributed by atoms with Crippen LogP contribution in [-0.2, 0) is 4.79 Å². The summed E-state index contributed by atoms with van der Waals surface area (Å²) in [7, 11) is 0. The fourth-order valence-electron chi connectivity index (χ4n) is 1.57. The zero-order chi connectivity index (χ0) is 13.1. The average molecular weight is 264 g/mol. The first kappa shape index (κ1) is 12.6. The number of thioether (sulfide) groups is 1. The van der Waals surface area contributed by atoms with E-state index in [1.165, 1.54) is 11.8 Å². The van der Waals surface area contributed by atoms with E-state index in [0.29, 0.717) is 16.7 Å². The van der Waals surface area contributed by atoms with Crippen molar-refractivity contribution in [3.63, 3.8) is 0 Å². The zero-order valence-corrected chi connectivity index (χ0v) is 10.5. The van der Waals surface area contributed by atoms with Gasteiger partial charge in [0.25, 0.3) is 5.56 Å². The zero-order valence-electron chi connectivity index (χ0n) is 9.71. The molecule has 1 heterocycles. The predicted molar refractivity (Wildman–Crippen MR) is 70.9 cm³/mol. The second-order valence-electron chi connectivity index (χ2n) is 3.82. The molecule has 5 nitrogen and oxygen atoms in total. The van der Waals surface area contributed by atoms with Gasteiger partial charge < -0.3 is 10.1 Å². The molecule has 0 saturated carbocycles. The minimum absolute atomic E-state index is 0.0162. The Bertz CT molecular complexity index is 639. The van der Waals surface area contributed by atoms with Crippen LogP contribution in [0.15, 0.2) is 29.1 Å². The van der Waals surface area contributed by atoms with E-state index in [4.69, 9.17) is 5.11 Å². The summed E-state index contributed by atoms with van der Waals surface area (Å²) in [6.45, 7) is 1.82. The molecule has 1 aromatic heterocycles. The Labute approximate surface area is 107 Å². The minimum atomic E-state index is -0.880. The van der Waals surface area contributed by atoms with E-state index in [1.807, 2.05) is 13.0 Å². The number of para-hydroxylation sites is 1. The quantitative estimate of drug-likeness (QED) is 0.879. The van der Waals surface area contributed by atoms with Crippen LogP contribution in [0.1, 0.15) is 18.0 Å². The van der Waals surface area contributed by atoms with E-state index in [0.717, 1.165) is 0 Å². The van der Waals surface area contributed by atoms with E-state index in [9.17, 15) is 9.59 Å². The van der Waals surface area contributed by atoms with Crippen molar-refractivity contribution < 1.29 is 9.90 Å². The van der Waals surface area contributed by atoms with Gasteiger partial charge in [0.15, 0.2) is 0 Å². The first-order chi connectivity index (χ1) is 8.58. The van der Waals surface area contributed by atoms with Gasteiger partial charge in [-0.1, -0.05) is 12.1 Å². The van der Waals surface area contributed by atoms with Gasteiger partial charge in [0.1, 0.15) is 5.82 Å². The van der Waals surface area contributed by atoms with Crippen LogP contribution in [0, 0.1) is 0 Å². The van der Waals surface area contributed by atoms with Gasteiger partial charge in [-0.3, -0.25) is 9.59 Å². The van der Waals surface area contributed by atoms with E-state index >= 15 is 0 Å². The number of aromatic nitrogens is 2. The fraction of sp³-hybridized carbons (Fsp3) is 0.250. The van der Waals surface area contributed by atoms with Gasteiger partial charge in [-0.25, -0.2) is 4.98 Å². The third kappa shape index (κ3) is 2.70. The van der Waals surface area contributed by atoms with Crippen LogP contribution in [-0.4, -0.2) is 26.8 Å². The normalized spacial score (nSPS) is 12.5. The van der Waals surface area contributed by atoms with Gasteiger partial charge in [0.2, 0.25) is 0 Å². The van der Waals surface area contributed by atoms with Crippen molar-refractivity contribution >= 4 is 28.6 Å². The number of nitrogens with zero attached hydrogens (tertiary/aromatic N) is 1. The number of hydrogen-bond donors (Lipinski definition) is 2. The first-order valence-corrected chi connectivity index (χ1v) is 6.45. The molecule has 2 aromatic rings. The van der Waals surface area contributed by atoms with Gasteiger partial charge in [-0.15, -0.1) is 11.8 Å². The number of fused-ring (bicyclic) bond motifs is 1.